The molecule has 1 saturated heterocycles. The number of nitrogens with zero attached hydrogens (tertiary/aromatic N) is 2. The van der Waals surface area contributed by atoms with Crippen LogP contribution in [0.4, 0.5) is 10.5 Å². The van der Waals surface area contributed by atoms with Crippen LogP contribution in [0.2, 0.25) is 5.02 Å². The first-order chi connectivity index (χ1) is 15.4. The molecule has 1 fully saturated rings. The molecule has 0 saturated carbocycles. The number of hydrogen-bond acceptors (Lipinski definition) is 5. The molecule has 32 heavy (non-hydrogen) atoms. The molecule has 1 aromatic heterocycles. The molecule has 2 aromatic carbocycles. The lowest BCUT2D eigenvalue weighted by Gasteiger charge is -2.12. The third-order valence-electron chi connectivity index (χ3n) is 4.69. The van der Waals surface area contributed by atoms with E-state index >= 15 is 0 Å². The smallest absolute Gasteiger partial charge is 0.294 e. The van der Waals surface area contributed by atoms with E-state index in [0.29, 0.717) is 10.7 Å². The standard InChI is InChI=1S/C23H18ClN3O4S/c1-31-19-8-6-18(7-9-19)26-11-10-15(13-26)12-20-22(29)27(23(30)32-20)14-21(28)25-17-4-2-16(24)3-5-17/h2-13H,14H2,1H3,(H,25,28)/b20-12+. The number of thioether (sulfide) groups is 1. The second-order valence-corrected chi connectivity index (χ2v) is 8.30. The van der Waals surface area contributed by atoms with E-state index in [2.05, 4.69) is 5.32 Å². The summed E-state index contributed by atoms with van der Waals surface area (Å²) in [4.78, 5) is 38.5. The SMILES string of the molecule is COc1ccc(-n2ccc(/C=C3/SC(=O)N(CC(=O)Nc4ccc(Cl)cc4)C3=O)c2)cc1. The average Bonchev–Trinajstić information content (AvgIpc) is 3.36. The number of ether oxygens (including phenoxy) is 1. The highest BCUT2D eigenvalue weighted by Gasteiger charge is 2.36. The second kappa shape index (κ2) is 9.33. The number of halogens is 1. The van der Waals surface area contributed by atoms with Crippen molar-refractivity contribution in [1.82, 2.24) is 9.47 Å². The number of aromatic nitrogens is 1. The first-order valence-corrected chi connectivity index (χ1v) is 10.8. The van der Waals surface area contributed by atoms with Gasteiger partial charge in [-0.25, -0.2) is 0 Å². The molecule has 0 spiro atoms. The van der Waals surface area contributed by atoms with E-state index in [4.69, 9.17) is 16.3 Å². The normalized spacial score (nSPS) is 14.8. The number of methoxy groups -OCH3 is 1. The van der Waals surface area contributed by atoms with Crippen molar-refractivity contribution < 1.29 is 19.1 Å². The highest BCUT2D eigenvalue weighted by atomic mass is 35.5. The van der Waals surface area contributed by atoms with Crippen LogP contribution >= 0.6 is 23.4 Å². The van der Waals surface area contributed by atoms with E-state index in [9.17, 15) is 14.4 Å². The molecule has 9 heteroatoms. The van der Waals surface area contributed by atoms with Gasteiger partial charge in [0.2, 0.25) is 5.91 Å². The first kappa shape index (κ1) is 21.7. The molecule has 0 unspecified atom stereocenters. The number of hydrogen-bond donors (Lipinski definition) is 1. The monoisotopic (exact) mass is 467 g/mol. The van der Waals surface area contributed by atoms with E-state index in [1.165, 1.54) is 0 Å². The molecule has 4 rings (SSSR count). The number of imide groups is 1. The van der Waals surface area contributed by atoms with Gasteiger partial charge in [-0.05, 0) is 78.0 Å². The summed E-state index contributed by atoms with van der Waals surface area (Å²) in [5.74, 6) is -0.208. The zero-order valence-electron chi connectivity index (χ0n) is 16.9. The first-order valence-electron chi connectivity index (χ1n) is 9.56. The van der Waals surface area contributed by atoms with Crippen LogP contribution in [-0.2, 0) is 9.59 Å². The molecule has 3 amide bonds. The van der Waals surface area contributed by atoms with Gasteiger partial charge >= 0.3 is 0 Å². The molecular weight excluding hydrogens is 450 g/mol. The van der Waals surface area contributed by atoms with Gasteiger partial charge in [0.25, 0.3) is 11.1 Å². The zero-order valence-corrected chi connectivity index (χ0v) is 18.5. The van der Waals surface area contributed by atoms with Gasteiger partial charge in [0.15, 0.2) is 0 Å². The van der Waals surface area contributed by atoms with Crippen molar-refractivity contribution in [3.8, 4) is 11.4 Å². The Morgan fingerprint density at radius 1 is 1.09 bits per heavy atom. The van der Waals surface area contributed by atoms with Gasteiger partial charge in [0.05, 0.1) is 12.0 Å². The van der Waals surface area contributed by atoms with Crippen molar-refractivity contribution in [2.75, 3.05) is 19.0 Å². The summed E-state index contributed by atoms with van der Waals surface area (Å²) in [6.07, 6.45) is 5.35. The van der Waals surface area contributed by atoms with E-state index in [1.54, 1.807) is 37.5 Å². The third kappa shape index (κ3) is 4.87. The van der Waals surface area contributed by atoms with Crippen molar-refractivity contribution >= 4 is 52.2 Å². The number of carbonyl (C=O) groups is 3. The molecule has 1 N–H and O–H groups in total. The highest BCUT2D eigenvalue weighted by molar-refractivity contribution is 8.18. The van der Waals surface area contributed by atoms with E-state index in [1.807, 2.05) is 47.3 Å². The van der Waals surface area contributed by atoms with E-state index in [0.717, 1.165) is 33.7 Å². The maximum atomic E-state index is 12.7. The fraction of sp³-hybridized carbons (Fsp3) is 0.0870. The number of amides is 3. The fourth-order valence-corrected chi connectivity index (χ4v) is 4.04. The second-order valence-electron chi connectivity index (χ2n) is 6.87. The maximum Gasteiger partial charge on any atom is 0.294 e. The number of anilines is 1. The molecular formula is C23H18ClN3O4S. The van der Waals surface area contributed by atoms with Crippen LogP contribution in [0.25, 0.3) is 11.8 Å². The van der Waals surface area contributed by atoms with Crippen molar-refractivity contribution in [2.45, 2.75) is 0 Å². The Morgan fingerprint density at radius 3 is 2.50 bits per heavy atom. The number of rotatable bonds is 6. The largest absolute Gasteiger partial charge is 0.497 e. The van der Waals surface area contributed by atoms with E-state index < -0.39 is 17.1 Å². The minimum Gasteiger partial charge on any atom is -0.497 e. The van der Waals surface area contributed by atoms with Crippen LogP contribution in [-0.4, -0.2) is 40.2 Å². The van der Waals surface area contributed by atoms with Gasteiger partial charge < -0.3 is 14.6 Å². The summed E-state index contributed by atoms with van der Waals surface area (Å²) in [7, 11) is 1.61. The molecule has 3 aromatic rings. The lowest BCUT2D eigenvalue weighted by Crippen LogP contribution is -2.36. The summed E-state index contributed by atoms with van der Waals surface area (Å²) in [6, 6.07) is 15.9. The number of carbonyl (C=O) groups excluding carboxylic acids is 3. The molecule has 0 aliphatic carbocycles. The molecule has 0 atom stereocenters. The summed E-state index contributed by atoms with van der Waals surface area (Å²) >= 11 is 6.64. The van der Waals surface area contributed by atoms with Gasteiger partial charge in [-0.15, -0.1) is 0 Å². The number of nitrogens with one attached hydrogen (secondary N) is 1. The van der Waals surface area contributed by atoms with Gasteiger partial charge in [0.1, 0.15) is 12.3 Å². The molecule has 0 radical (unpaired) electrons. The summed E-state index contributed by atoms with van der Waals surface area (Å²) in [5.41, 5.74) is 2.22. The summed E-state index contributed by atoms with van der Waals surface area (Å²) < 4.78 is 7.06. The molecule has 162 valence electrons. The predicted octanol–water partition coefficient (Wildman–Crippen LogP) is 4.81. The zero-order chi connectivity index (χ0) is 22.7. The van der Waals surface area contributed by atoms with Gasteiger partial charge in [0, 0.05) is 28.8 Å². The molecule has 0 bridgehead atoms. The van der Waals surface area contributed by atoms with Crippen molar-refractivity contribution in [3.05, 3.63) is 82.5 Å². The van der Waals surface area contributed by atoms with Crippen LogP contribution in [0.15, 0.2) is 71.9 Å². The maximum absolute atomic E-state index is 12.7. The van der Waals surface area contributed by atoms with Crippen LogP contribution in [0.1, 0.15) is 5.56 Å². The summed E-state index contributed by atoms with van der Waals surface area (Å²) in [5, 5.41) is 2.70. The average molecular weight is 468 g/mol. The molecule has 2 heterocycles. The minimum absolute atomic E-state index is 0.266. The Bertz CT molecular complexity index is 1200. The van der Waals surface area contributed by atoms with Gasteiger partial charge in [-0.2, -0.15) is 0 Å². The van der Waals surface area contributed by atoms with Crippen LogP contribution in [0.3, 0.4) is 0 Å². The van der Waals surface area contributed by atoms with Crippen LogP contribution in [0, 0.1) is 0 Å². The fourth-order valence-electron chi connectivity index (χ4n) is 3.08. The van der Waals surface area contributed by atoms with Gasteiger partial charge in [-0.3, -0.25) is 19.3 Å². The van der Waals surface area contributed by atoms with Crippen molar-refractivity contribution in [3.63, 3.8) is 0 Å². The Hall–Kier alpha value is -3.49. The van der Waals surface area contributed by atoms with Crippen LogP contribution < -0.4 is 10.1 Å². The Balaban J connectivity index is 1.43. The molecule has 7 nitrogen and oxygen atoms in total. The lowest BCUT2D eigenvalue weighted by molar-refractivity contribution is -0.127. The molecule has 1 aliphatic rings. The Morgan fingerprint density at radius 2 is 1.81 bits per heavy atom. The highest BCUT2D eigenvalue weighted by Crippen LogP contribution is 2.32. The summed E-state index contributed by atoms with van der Waals surface area (Å²) in [6.45, 7) is -0.364. The van der Waals surface area contributed by atoms with E-state index in [-0.39, 0.29) is 11.4 Å². The minimum atomic E-state index is -0.497. The number of benzene rings is 2. The topological polar surface area (TPSA) is 80.6 Å². The Labute approximate surface area is 193 Å². The third-order valence-corrected chi connectivity index (χ3v) is 5.85. The van der Waals surface area contributed by atoms with Crippen LogP contribution in [0.5, 0.6) is 5.75 Å². The Kier molecular flexibility index (Phi) is 6.34. The molecule has 1 aliphatic heterocycles. The quantitative estimate of drug-likeness (QED) is 0.526. The predicted molar refractivity (Wildman–Crippen MR) is 125 cm³/mol. The lowest BCUT2D eigenvalue weighted by atomic mass is 10.3. The van der Waals surface area contributed by atoms with Gasteiger partial charge in [-0.1, -0.05) is 11.6 Å². The van der Waals surface area contributed by atoms with Crippen molar-refractivity contribution in [2.24, 2.45) is 0 Å². The van der Waals surface area contributed by atoms with Crippen molar-refractivity contribution in [1.29, 1.82) is 0 Å².